The van der Waals surface area contributed by atoms with Gasteiger partial charge in [-0.2, -0.15) is 0 Å². The molecule has 0 spiro atoms. The van der Waals surface area contributed by atoms with E-state index in [9.17, 15) is 13.2 Å². The number of carbonyl (C=O) groups excluding carboxylic acids is 1. The number of para-hydroxylation sites is 1. The number of likely N-dealkylation sites (tertiary alicyclic amines) is 1. The van der Waals surface area contributed by atoms with Crippen molar-refractivity contribution >= 4 is 15.9 Å². The van der Waals surface area contributed by atoms with Crippen LogP contribution in [-0.2, 0) is 21.2 Å². The van der Waals surface area contributed by atoms with Gasteiger partial charge in [0, 0.05) is 19.1 Å². The smallest absolute Gasteiger partial charge is 0.260 e. The van der Waals surface area contributed by atoms with Gasteiger partial charge >= 0.3 is 0 Å². The average molecular weight is 403 g/mol. The molecule has 6 nitrogen and oxygen atoms in total. The van der Waals surface area contributed by atoms with Crippen molar-refractivity contribution < 1.29 is 17.9 Å². The molecule has 7 heteroatoms. The van der Waals surface area contributed by atoms with E-state index in [0.29, 0.717) is 25.9 Å². The summed E-state index contributed by atoms with van der Waals surface area (Å²) in [7, 11) is -3.53. The Morgan fingerprint density at radius 3 is 2.39 bits per heavy atom. The number of benzene rings is 2. The van der Waals surface area contributed by atoms with Gasteiger partial charge in [-0.3, -0.25) is 4.79 Å². The van der Waals surface area contributed by atoms with Gasteiger partial charge < -0.3 is 9.64 Å². The highest BCUT2D eigenvalue weighted by Crippen LogP contribution is 2.19. The van der Waals surface area contributed by atoms with Crippen LogP contribution in [0.1, 0.15) is 25.3 Å². The van der Waals surface area contributed by atoms with Crippen molar-refractivity contribution in [3.63, 3.8) is 0 Å². The van der Waals surface area contributed by atoms with Crippen LogP contribution in [0, 0.1) is 0 Å². The molecule has 1 aliphatic heterocycles. The highest BCUT2D eigenvalue weighted by molar-refractivity contribution is 7.89. The van der Waals surface area contributed by atoms with Crippen molar-refractivity contribution in [2.24, 2.45) is 0 Å². The van der Waals surface area contributed by atoms with Crippen LogP contribution < -0.4 is 9.46 Å². The molecule has 1 saturated heterocycles. The summed E-state index contributed by atoms with van der Waals surface area (Å²) in [6.45, 7) is 3.07. The highest BCUT2D eigenvalue weighted by Gasteiger charge is 2.26. The number of carbonyl (C=O) groups is 1. The van der Waals surface area contributed by atoms with Crippen molar-refractivity contribution in [2.75, 3.05) is 19.7 Å². The molecule has 0 bridgehead atoms. The number of hydrogen-bond donors (Lipinski definition) is 1. The van der Waals surface area contributed by atoms with E-state index in [4.69, 9.17) is 4.74 Å². The minimum atomic E-state index is -3.53. The molecule has 2 aromatic rings. The first kappa shape index (κ1) is 20.4. The number of nitrogens with zero attached hydrogens (tertiary/aromatic N) is 1. The van der Waals surface area contributed by atoms with Gasteiger partial charge in [-0.1, -0.05) is 43.3 Å². The Kier molecular flexibility index (Phi) is 6.70. The molecular formula is C21H26N2O4S. The predicted octanol–water partition coefficient (Wildman–Crippen LogP) is 2.60. The molecule has 0 saturated carbocycles. The van der Waals surface area contributed by atoms with E-state index in [1.54, 1.807) is 35.2 Å². The second-order valence-electron chi connectivity index (χ2n) is 6.84. The third-order valence-electron chi connectivity index (χ3n) is 4.93. The zero-order valence-electron chi connectivity index (χ0n) is 16.0. The maximum atomic E-state index is 12.4. The Morgan fingerprint density at radius 2 is 1.71 bits per heavy atom. The first-order valence-electron chi connectivity index (χ1n) is 9.55. The van der Waals surface area contributed by atoms with Crippen LogP contribution in [0.15, 0.2) is 59.5 Å². The minimum Gasteiger partial charge on any atom is -0.483 e. The summed E-state index contributed by atoms with van der Waals surface area (Å²) in [4.78, 5) is 14.4. The van der Waals surface area contributed by atoms with Gasteiger partial charge in [0.15, 0.2) is 6.61 Å². The number of sulfonamides is 1. The van der Waals surface area contributed by atoms with Crippen molar-refractivity contribution in [1.29, 1.82) is 0 Å². The molecule has 0 radical (unpaired) electrons. The van der Waals surface area contributed by atoms with Gasteiger partial charge in [0.25, 0.3) is 5.91 Å². The molecule has 1 amide bonds. The molecule has 2 aromatic carbocycles. The second kappa shape index (κ2) is 9.21. The number of piperidine rings is 1. The van der Waals surface area contributed by atoms with E-state index in [1.165, 1.54) is 0 Å². The van der Waals surface area contributed by atoms with Crippen molar-refractivity contribution in [3.8, 4) is 5.75 Å². The van der Waals surface area contributed by atoms with Crippen LogP contribution in [-0.4, -0.2) is 45.0 Å². The van der Waals surface area contributed by atoms with Gasteiger partial charge in [0.2, 0.25) is 10.0 Å². The quantitative estimate of drug-likeness (QED) is 0.772. The van der Waals surface area contributed by atoms with Crippen molar-refractivity contribution in [3.05, 3.63) is 60.2 Å². The van der Waals surface area contributed by atoms with Crippen LogP contribution in [0.4, 0.5) is 0 Å². The lowest BCUT2D eigenvalue weighted by atomic mass is 10.1. The molecule has 150 valence electrons. The van der Waals surface area contributed by atoms with Gasteiger partial charge in [-0.05, 0) is 43.0 Å². The molecule has 1 fully saturated rings. The average Bonchev–Trinajstić information content (AvgIpc) is 2.73. The van der Waals surface area contributed by atoms with E-state index < -0.39 is 10.0 Å². The van der Waals surface area contributed by atoms with Crippen LogP contribution in [0.25, 0.3) is 0 Å². The van der Waals surface area contributed by atoms with Crippen LogP contribution in [0.3, 0.4) is 0 Å². The molecule has 0 atom stereocenters. The molecule has 1 heterocycles. The first-order chi connectivity index (χ1) is 13.5. The summed E-state index contributed by atoms with van der Waals surface area (Å²) in [5, 5.41) is 0. The number of amides is 1. The summed E-state index contributed by atoms with van der Waals surface area (Å²) in [6, 6.07) is 15.9. The highest BCUT2D eigenvalue weighted by atomic mass is 32.2. The van der Waals surface area contributed by atoms with E-state index >= 15 is 0 Å². The predicted molar refractivity (Wildman–Crippen MR) is 108 cm³/mol. The zero-order chi connectivity index (χ0) is 20.0. The molecule has 0 aliphatic carbocycles. The second-order valence-corrected chi connectivity index (χ2v) is 8.55. The van der Waals surface area contributed by atoms with Crippen LogP contribution in [0.5, 0.6) is 5.75 Å². The fourth-order valence-corrected chi connectivity index (χ4v) is 4.63. The zero-order valence-corrected chi connectivity index (χ0v) is 16.8. The van der Waals surface area contributed by atoms with E-state index in [0.717, 1.165) is 17.7 Å². The molecule has 0 aromatic heterocycles. The topological polar surface area (TPSA) is 75.7 Å². The molecule has 1 N–H and O–H groups in total. The Labute approximate surface area is 166 Å². The molecule has 3 rings (SSSR count). The van der Waals surface area contributed by atoms with E-state index in [1.807, 2.05) is 31.2 Å². The van der Waals surface area contributed by atoms with Crippen LogP contribution >= 0.6 is 0 Å². The molecular weight excluding hydrogens is 376 g/mol. The summed E-state index contributed by atoms with van der Waals surface area (Å²) < 4.78 is 33.3. The maximum absolute atomic E-state index is 12.4. The molecule has 28 heavy (non-hydrogen) atoms. The monoisotopic (exact) mass is 402 g/mol. The number of ether oxygens (including phenoxy) is 1. The van der Waals surface area contributed by atoms with Crippen molar-refractivity contribution in [1.82, 2.24) is 9.62 Å². The number of aryl methyl sites for hydroxylation is 1. The fraction of sp³-hybridized carbons (Fsp3) is 0.381. The summed E-state index contributed by atoms with van der Waals surface area (Å²) >= 11 is 0. The van der Waals surface area contributed by atoms with Gasteiger partial charge in [-0.25, -0.2) is 13.1 Å². The summed E-state index contributed by atoms with van der Waals surface area (Å²) in [5.41, 5.74) is 1.07. The summed E-state index contributed by atoms with van der Waals surface area (Å²) in [5.74, 6) is 0.666. The van der Waals surface area contributed by atoms with Gasteiger partial charge in [-0.15, -0.1) is 0 Å². The van der Waals surface area contributed by atoms with E-state index in [2.05, 4.69) is 4.72 Å². The Morgan fingerprint density at radius 1 is 1.07 bits per heavy atom. The fourth-order valence-electron chi connectivity index (χ4n) is 3.30. The summed E-state index contributed by atoms with van der Waals surface area (Å²) in [6.07, 6.45) is 2.02. The van der Waals surface area contributed by atoms with Gasteiger partial charge in [0.1, 0.15) is 5.75 Å². The third kappa shape index (κ3) is 5.11. The Balaban J connectivity index is 1.49. The Bertz CT molecular complexity index is 892. The maximum Gasteiger partial charge on any atom is 0.260 e. The van der Waals surface area contributed by atoms with Gasteiger partial charge in [0.05, 0.1) is 4.90 Å². The first-order valence-corrected chi connectivity index (χ1v) is 11.0. The lowest BCUT2D eigenvalue weighted by Gasteiger charge is -2.32. The lowest BCUT2D eigenvalue weighted by Crippen LogP contribution is -2.47. The lowest BCUT2D eigenvalue weighted by molar-refractivity contribution is -0.134. The van der Waals surface area contributed by atoms with Crippen molar-refractivity contribution in [2.45, 2.75) is 37.1 Å². The normalized spacial score (nSPS) is 15.4. The standard InChI is InChI=1S/C21H26N2O4S/c1-2-17-8-6-7-11-20(17)27-16-21(24)23-14-12-18(13-15-23)22-28(25,26)19-9-4-3-5-10-19/h3-11,18,22H,2,12-16H2,1H3. The largest absolute Gasteiger partial charge is 0.483 e. The molecule has 1 aliphatic rings. The minimum absolute atomic E-state index is 0.00256. The number of nitrogens with one attached hydrogen (secondary N) is 1. The van der Waals surface area contributed by atoms with E-state index in [-0.39, 0.29) is 23.5 Å². The third-order valence-corrected chi connectivity index (χ3v) is 6.46. The molecule has 0 unspecified atom stereocenters. The number of hydrogen-bond acceptors (Lipinski definition) is 4. The Hall–Kier alpha value is -2.38. The SMILES string of the molecule is CCc1ccccc1OCC(=O)N1CCC(NS(=O)(=O)c2ccccc2)CC1. The number of rotatable bonds is 7. The van der Waals surface area contributed by atoms with Crippen LogP contribution in [0.2, 0.25) is 0 Å².